The van der Waals surface area contributed by atoms with Gasteiger partial charge in [-0.05, 0) is 48.4 Å². The van der Waals surface area contributed by atoms with Gasteiger partial charge >= 0.3 is 0 Å². The first-order valence-corrected chi connectivity index (χ1v) is 12.3. The number of hydrogen-bond donors (Lipinski definition) is 0. The fourth-order valence-electron chi connectivity index (χ4n) is 3.39. The number of fused-ring (bicyclic) bond motifs is 1. The van der Waals surface area contributed by atoms with E-state index >= 15 is 0 Å². The summed E-state index contributed by atoms with van der Waals surface area (Å²) >= 11 is 6.96. The number of aromatic nitrogens is 2. The van der Waals surface area contributed by atoms with Crippen molar-refractivity contribution >= 4 is 49.0 Å². The fourth-order valence-corrected chi connectivity index (χ4v) is 4.13. The molecule has 0 aliphatic rings. The summed E-state index contributed by atoms with van der Waals surface area (Å²) in [5, 5.41) is 5.10. The molecule has 0 spiro atoms. The second-order valence-corrected chi connectivity index (χ2v) is 9.59. The molecule has 0 aliphatic heterocycles. The largest absolute Gasteiger partial charge is 0.488 e. The van der Waals surface area contributed by atoms with Crippen molar-refractivity contribution in [1.29, 1.82) is 0 Å². The van der Waals surface area contributed by atoms with Crippen molar-refractivity contribution in [2.24, 2.45) is 5.10 Å². The Labute approximate surface area is 209 Å². The first-order chi connectivity index (χ1) is 16.0. The Balaban J connectivity index is 1.75. The van der Waals surface area contributed by atoms with Crippen LogP contribution in [0.4, 0.5) is 0 Å². The number of ether oxygens (including phenoxy) is 1. The van der Waals surface area contributed by atoms with Crippen LogP contribution in [0, 0.1) is 0 Å². The lowest BCUT2D eigenvalue weighted by molar-refractivity contribution is 0.305. The zero-order valence-electron chi connectivity index (χ0n) is 18.3. The van der Waals surface area contributed by atoms with Crippen LogP contribution in [-0.2, 0) is 6.61 Å². The van der Waals surface area contributed by atoms with E-state index in [0.29, 0.717) is 29.1 Å². The van der Waals surface area contributed by atoms with Crippen LogP contribution in [0.1, 0.15) is 43.1 Å². The zero-order valence-corrected chi connectivity index (χ0v) is 21.5. The quantitative estimate of drug-likeness (QED) is 0.228. The number of hydrogen-bond acceptors (Lipinski definition) is 4. The van der Waals surface area contributed by atoms with Gasteiger partial charge in [-0.25, -0.2) is 4.98 Å². The molecule has 1 atom stereocenters. The molecule has 4 rings (SSSR count). The van der Waals surface area contributed by atoms with E-state index in [0.717, 1.165) is 26.5 Å². The fraction of sp³-hybridized carbons (Fsp3) is 0.192. The average Bonchev–Trinajstić information content (AvgIpc) is 2.83. The van der Waals surface area contributed by atoms with E-state index in [-0.39, 0.29) is 11.5 Å². The van der Waals surface area contributed by atoms with Gasteiger partial charge in [0.1, 0.15) is 18.2 Å². The molecule has 0 N–H and O–H groups in total. The summed E-state index contributed by atoms with van der Waals surface area (Å²) in [6.07, 6.45) is 2.50. The second kappa shape index (κ2) is 10.4. The summed E-state index contributed by atoms with van der Waals surface area (Å²) < 4.78 is 9.19. The van der Waals surface area contributed by atoms with E-state index in [1.807, 2.05) is 67.6 Å². The molecule has 7 heteroatoms. The van der Waals surface area contributed by atoms with Crippen molar-refractivity contribution in [2.45, 2.75) is 32.8 Å². The normalized spacial score (nSPS) is 12.4. The summed E-state index contributed by atoms with van der Waals surface area (Å²) in [5.74, 6) is 1.38. The topological polar surface area (TPSA) is 56.5 Å². The predicted molar refractivity (Wildman–Crippen MR) is 140 cm³/mol. The summed E-state index contributed by atoms with van der Waals surface area (Å²) in [7, 11) is 0. The van der Waals surface area contributed by atoms with Crippen molar-refractivity contribution < 1.29 is 4.74 Å². The standard InChI is InChI=1S/C26H23Br2N3O2/c1-3-17(2)25-30-23-11-9-21(28)14-22(23)26(32)31(25)29-15-19-13-20(27)10-12-24(19)33-16-18-7-5-4-6-8-18/h4-15,17H,3,16H2,1-2H3/t17-/m1/s1. The van der Waals surface area contributed by atoms with Gasteiger partial charge in [-0.2, -0.15) is 9.78 Å². The third kappa shape index (κ3) is 5.42. The first-order valence-electron chi connectivity index (χ1n) is 10.7. The monoisotopic (exact) mass is 567 g/mol. The molecule has 1 heterocycles. The maximum absolute atomic E-state index is 13.4. The van der Waals surface area contributed by atoms with E-state index < -0.39 is 0 Å². The van der Waals surface area contributed by atoms with Crippen molar-refractivity contribution in [3.63, 3.8) is 0 Å². The van der Waals surface area contributed by atoms with Crippen LogP contribution in [0.2, 0.25) is 0 Å². The van der Waals surface area contributed by atoms with Crippen molar-refractivity contribution in [2.75, 3.05) is 0 Å². The van der Waals surface area contributed by atoms with Gasteiger partial charge in [0.15, 0.2) is 0 Å². The molecule has 0 saturated carbocycles. The third-order valence-corrected chi connectivity index (χ3v) is 6.39. The van der Waals surface area contributed by atoms with Gasteiger partial charge in [-0.3, -0.25) is 4.79 Å². The highest BCUT2D eigenvalue weighted by atomic mass is 79.9. The summed E-state index contributed by atoms with van der Waals surface area (Å²) in [5.41, 5.74) is 2.30. The third-order valence-electron chi connectivity index (χ3n) is 5.41. The van der Waals surface area contributed by atoms with Gasteiger partial charge in [-0.1, -0.05) is 76.0 Å². The number of rotatable bonds is 7. The van der Waals surface area contributed by atoms with Crippen LogP contribution >= 0.6 is 31.9 Å². The van der Waals surface area contributed by atoms with Crippen LogP contribution in [0.15, 0.2) is 85.6 Å². The van der Waals surface area contributed by atoms with Gasteiger partial charge in [0.25, 0.3) is 5.56 Å². The van der Waals surface area contributed by atoms with Gasteiger partial charge in [0.2, 0.25) is 0 Å². The lowest BCUT2D eigenvalue weighted by Gasteiger charge is -2.14. The van der Waals surface area contributed by atoms with Gasteiger partial charge in [0.05, 0.1) is 17.1 Å². The minimum atomic E-state index is -0.199. The Bertz CT molecular complexity index is 1370. The Morgan fingerprint density at radius 2 is 1.79 bits per heavy atom. The highest BCUT2D eigenvalue weighted by molar-refractivity contribution is 9.10. The molecule has 0 unspecified atom stereocenters. The lowest BCUT2D eigenvalue weighted by Crippen LogP contribution is -2.23. The highest BCUT2D eigenvalue weighted by Crippen LogP contribution is 2.24. The molecule has 0 bridgehead atoms. The summed E-state index contributed by atoms with van der Waals surface area (Å²) in [4.78, 5) is 18.1. The number of benzene rings is 3. The van der Waals surface area contributed by atoms with Crippen molar-refractivity contribution in [3.8, 4) is 5.75 Å². The molecule has 0 saturated heterocycles. The molecule has 0 amide bonds. The van der Waals surface area contributed by atoms with E-state index in [1.165, 1.54) is 4.68 Å². The lowest BCUT2D eigenvalue weighted by atomic mass is 10.1. The molecule has 1 aromatic heterocycles. The molecule has 0 radical (unpaired) electrons. The Morgan fingerprint density at radius 3 is 2.55 bits per heavy atom. The smallest absolute Gasteiger partial charge is 0.282 e. The Morgan fingerprint density at radius 1 is 1.06 bits per heavy atom. The molecule has 5 nitrogen and oxygen atoms in total. The Kier molecular flexibility index (Phi) is 7.40. The first kappa shape index (κ1) is 23.4. The molecule has 4 aromatic rings. The van der Waals surface area contributed by atoms with E-state index in [9.17, 15) is 4.79 Å². The second-order valence-electron chi connectivity index (χ2n) is 7.76. The molecule has 168 valence electrons. The van der Waals surface area contributed by atoms with Crippen molar-refractivity contribution in [3.05, 3.63) is 103 Å². The van der Waals surface area contributed by atoms with Crippen LogP contribution in [0.3, 0.4) is 0 Å². The SMILES string of the molecule is CC[C@@H](C)c1nc2ccc(Br)cc2c(=O)n1N=Cc1cc(Br)ccc1OCc1ccccc1. The van der Waals surface area contributed by atoms with Gasteiger partial charge in [-0.15, -0.1) is 0 Å². The minimum Gasteiger partial charge on any atom is -0.488 e. The van der Waals surface area contributed by atoms with Crippen LogP contribution in [-0.4, -0.2) is 15.9 Å². The van der Waals surface area contributed by atoms with E-state index in [4.69, 9.17) is 9.72 Å². The van der Waals surface area contributed by atoms with Crippen molar-refractivity contribution in [1.82, 2.24) is 9.66 Å². The molecule has 0 aliphatic carbocycles. The van der Waals surface area contributed by atoms with Crippen LogP contribution in [0.5, 0.6) is 5.75 Å². The molecule has 33 heavy (non-hydrogen) atoms. The molecule has 3 aromatic carbocycles. The number of halogens is 2. The highest BCUT2D eigenvalue weighted by Gasteiger charge is 2.16. The van der Waals surface area contributed by atoms with E-state index in [1.54, 1.807) is 12.3 Å². The minimum absolute atomic E-state index is 0.0687. The summed E-state index contributed by atoms with van der Waals surface area (Å²) in [6, 6.07) is 21.2. The van der Waals surface area contributed by atoms with Gasteiger partial charge < -0.3 is 4.74 Å². The molecule has 0 fully saturated rings. The molecular weight excluding hydrogens is 546 g/mol. The van der Waals surface area contributed by atoms with Crippen LogP contribution < -0.4 is 10.3 Å². The van der Waals surface area contributed by atoms with Crippen LogP contribution in [0.25, 0.3) is 10.9 Å². The average molecular weight is 569 g/mol. The molecular formula is C26H23Br2N3O2. The predicted octanol–water partition coefficient (Wildman–Crippen LogP) is 6.90. The zero-order chi connectivity index (χ0) is 23.4. The van der Waals surface area contributed by atoms with Gasteiger partial charge in [0, 0.05) is 20.4 Å². The summed E-state index contributed by atoms with van der Waals surface area (Å²) in [6.45, 7) is 4.55. The van der Waals surface area contributed by atoms with E-state index in [2.05, 4.69) is 43.9 Å². The maximum atomic E-state index is 13.4. The maximum Gasteiger partial charge on any atom is 0.282 e. The number of nitrogens with zero attached hydrogens (tertiary/aromatic N) is 3. The Hall–Kier alpha value is -2.77.